The zero-order chi connectivity index (χ0) is 6.41. The highest BCUT2D eigenvalue weighted by atomic mass is 32.2. The van der Waals surface area contributed by atoms with E-state index in [2.05, 4.69) is 26.2 Å². The quantitative estimate of drug-likeness (QED) is 0.418. The molecule has 0 aromatic carbocycles. The molecule has 0 atom stereocenters. The monoisotopic (exact) mass is 130 g/mol. The summed E-state index contributed by atoms with van der Waals surface area (Å²) in [4.78, 5) is 0. The van der Waals surface area contributed by atoms with Gasteiger partial charge in [0.15, 0.2) is 0 Å². The number of hydrogen-bond donors (Lipinski definition) is 0. The molecule has 0 aliphatic heterocycles. The first-order valence-corrected chi connectivity index (χ1v) is 4.29. The number of allylic oxidation sites excluding steroid dienone is 2. The fourth-order valence-electron chi connectivity index (χ4n) is 0.465. The van der Waals surface area contributed by atoms with E-state index in [4.69, 9.17) is 0 Å². The summed E-state index contributed by atoms with van der Waals surface area (Å²) in [7, 11) is 0. The van der Waals surface area contributed by atoms with Gasteiger partial charge >= 0.3 is 0 Å². The standard InChI is InChI=1S/C7H14S/c1-7(2)5-4-6-8-3/h5H,4,6H2,1-3H3. The molecule has 0 N–H and O–H groups in total. The molecule has 0 unspecified atom stereocenters. The van der Waals surface area contributed by atoms with Gasteiger partial charge in [0.25, 0.3) is 0 Å². The van der Waals surface area contributed by atoms with Crippen molar-refractivity contribution in [1.82, 2.24) is 0 Å². The molecule has 48 valence electrons. The minimum absolute atomic E-state index is 1.23. The molecule has 0 amide bonds. The van der Waals surface area contributed by atoms with E-state index in [1.165, 1.54) is 17.7 Å². The maximum absolute atomic E-state index is 2.27. The molecule has 8 heavy (non-hydrogen) atoms. The molecule has 0 radical (unpaired) electrons. The smallest absolute Gasteiger partial charge is 0.00356 e. The molecule has 0 saturated carbocycles. The highest BCUT2D eigenvalue weighted by Crippen LogP contribution is 1.98. The molecule has 0 saturated heterocycles. The van der Waals surface area contributed by atoms with Gasteiger partial charge in [-0.05, 0) is 32.3 Å². The number of rotatable bonds is 3. The van der Waals surface area contributed by atoms with Gasteiger partial charge in [0.1, 0.15) is 0 Å². The molecule has 0 aromatic heterocycles. The Bertz CT molecular complexity index is 70.5. The first-order valence-electron chi connectivity index (χ1n) is 2.89. The minimum atomic E-state index is 1.23. The number of thioether (sulfide) groups is 1. The minimum Gasteiger partial charge on any atom is -0.165 e. The summed E-state index contributed by atoms with van der Waals surface area (Å²) in [6.45, 7) is 4.28. The molecule has 0 rings (SSSR count). The zero-order valence-corrected chi connectivity index (χ0v) is 6.72. The Hall–Kier alpha value is 0.0900. The lowest BCUT2D eigenvalue weighted by molar-refractivity contribution is 1.19. The molecule has 0 nitrogen and oxygen atoms in total. The Labute approximate surface area is 56.4 Å². The third-order valence-corrected chi connectivity index (χ3v) is 1.52. The van der Waals surface area contributed by atoms with Crippen LogP contribution >= 0.6 is 11.8 Å². The SMILES string of the molecule is CSCCC=C(C)C. The van der Waals surface area contributed by atoms with Crippen LogP contribution in [-0.2, 0) is 0 Å². The van der Waals surface area contributed by atoms with Crippen LogP contribution in [0.5, 0.6) is 0 Å². The summed E-state index contributed by atoms with van der Waals surface area (Å²) < 4.78 is 0. The lowest BCUT2D eigenvalue weighted by Gasteiger charge is -1.89. The van der Waals surface area contributed by atoms with Gasteiger partial charge in [-0.15, -0.1) is 0 Å². The van der Waals surface area contributed by atoms with Crippen LogP contribution in [0.25, 0.3) is 0 Å². The van der Waals surface area contributed by atoms with Gasteiger partial charge in [-0.1, -0.05) is 11.6 Å². The first kappa shape index (κ1) is 8.09. The van der Waals surface area contributed by atoms with Gasteiger partial charge < -0.3 is 0 Å². The third-order valence-electron chi connectivity index (χ3n) is 0.875. The summed E-state index contributed by atoms with van der Waals surface area (Å²) in [5.41, 5.74) is 1.43. The van der Waals surface area contributed by atoms with Crippen molar-refractivity contribution in [3.8, 4) is 0 Å². The number of hydrogen-bond acceptors (Lipinski definition) is 1. The van der Waals surface area contributed by atoms with Crippen molar-refractivity contribution in [1.29, 1.82) is 0 Å². The maximum atomic E-state index is 2.27. The summed E-state index contributed by atoms with van der Waals surface area (Å²) in [6, 6.07) is 0. The molecule has 0 aromatic rings. The van der Waals surface area contributed by atoms with Crippen molar-refractivity contribution in [2.24, 2.45) is 0 Å². The predicted octanol–water partition coefficient (Wildman–Crippen LogP) is 2.71. The highest BCUT2D eigenvalue weighted by Gasteiger charge is 1.77. The van der Waals surface area contributed by atoms with Crippen molar-refractivity contribution in [2.75, 3.05) is 12.0 Å². The second-order valence-electron chi connectivity index (χ2n) is 2.06. The Morgan fingerprint density at radius 3 is 2.50 bits per heavy atom. The second kappa shape index (κ2) is 5.23. The van der Waals surface area contributed by atoms with Gasteiger partial charge in [0.2, 0.25) is 0 Å². The summed E-state index contributed by atoms with van der Waals surface area (Å²) in [5, 5.41) is 0. The van der Waals surface area contributed by atoms with Crippen LogP contribution in [-0.4, -0.2) is 12.0 Å². The highest BCUT2D eigenvalue weighted by molar-refractivity contribution is 7.98. The fraction of sp³-hybridized carbons (Fsp3) is 0.714. The zero-order valence-electron chi connectivity index (χ0n) is 5.90. The van der Waals surface area contributed by atoms with Crippen molar-refractivity contribution >= 4 is 11.8 Å². The third kappa shape index (κ3) is 6.09. The van der Waals surface area contributed by atoms with E-state index in [1.807, 2.05) is 11.8 Å². The largest absolute Gasteiger partial charge is 0.165 e. The Morgan fingerprint density at radius 2 is 2.12 bits per heavy atom. The van der Waals surface area contributed by atoms with Gasteiger partial charge in [-0.3, -0.25) is 0 Å². The van der Waals surface area contributed by atoms with Gasteiger partial charge in [-0.2, -0.15) is 11.8 Å². The molecule has 0 aliphatic carbocycles. The van der Waals surface area contributed by atoms with E-state index in [-0.39, 0.29) is 0 Å². The lowest BCUT2D eigenvalue weighted by atomic mass is 10.3. The first-order chi connectivity index (χ1) is 3.77. The predicted molar refractivity (Wildman–Crippen MR) is 42.4 cm³/mol. The molecule has 0 fully saturated rings. The van der Waals surface area contributed by atoms with E-state index < -0.39 is 0 Å². The Morgan fingerprint density at radius 1 is 1.50 bits per heavy atom. The van der Waals surface area contributed by atoms with Crippen LogP contribution in [0.4, 0.5) is 0 Å². The molecule has 0 bridgehead atoms. The molecule has 1 heteroatoms. The van der Waals surface area contributed by atoms with Crippen molar-refractivity contribution < 1.29 is 0 Å². The summed E-state index contributed by atoms with van der Waals surface area (Å²) in [6.07, 6.45) is 5.64. The van der Waals surface area contributed by atoms with E-state index in [0.717, 1.165) is 0 Å². The maximum Gasteiger partial charge on any atom is -0.00356 e. The second-order valence-corrected chi connectivity index (χ2v) is 3.05. The molecule has 0 heterocycles. The van der Waals surface area contributed by atoms with Crippen LogP contribution in [0.15, 0.2) is 11.6 Å². The molecule has 0 aliphatic rings. The molecular formula is C7H14S. The summed E-state index contributed by atoms with van der Waals surface area (Å²) >= 11 is 1.90. The van der Waals surface area contributed by atoms with Crippen molar-refractivity contribution in [3.05, 3.63) is 11.6 Å². The Balaban J connectivity index is 3.03. The van der Waals surface area contributed by atoms with Crippen molar-refractivity contribution in [3.63, 3.8) is 0 Å². The molecule has 0 spiro atoms. The topological polar surface area (TPSA) is 0 Å². The van der Waals surface area contributed by atoms with Gasteiger partial charge in [-0.25, -0.2) is 0 Å². The molecular weight excluding hydrogens is 116 g/mol. The average Bonchev–Trinajstić information content (AvgIpc) is 1.66. The summed E-state index contributed by atoms with van der Waals surface area (Å²) in [5.74, 6) is 1.26. The van der Waals surface area contributed by atoms with Crippen LogP contribution < -0.4 is 0 Å². The fourth-order valence-corrected chi connectivity index (χ4v) is 0.819. The lowest BCUT2D eigenvalue weighted by Crippen LogP contribution is -1.72. The van der Waals surface area contributed by atoms with E-state index >= 15 is 0 Å². The van der Waals surface area contributed by atoms with Crippen LogP contribution in [0.1, 0.15) is 20.3 Å². The van der Waals surface area contributed by atoms with Crippen LogP contribution in [0.2, 0.25) is 0 Å². The Kier molecular flexibility index (Phi) is 5.29. The van der Waals surface area contributed by atoms with Crippen LogP contribution in [0.3, 0.4) is 0 Å². The normalized spacial score (nSPS) is 8.88. The van der Waals surface area contributed by atoms with Gasteiger partial charge in [0.05, 0.1) is 0 Å². The van der Waals surface area contributed by atoms with E-state index in [9.17, 15) is 0 Å². The van der Waals surface area contributed by atoms with Gasteiger partial charge in [0, 0.05) is 0 Å². The van der Waals surface area contributed by atoms with Crippen molar-refractivity contribution in [2.45, 2.75) is 20.3 Å². The average molecular weight is 130 g/mol. The van der Waals surface area contributed by atoms with E-state index in [0.29, 0.717) is 0 Å². The van der Waals surface area contributed by atoms with Crippen LogP contribution in [0, 0.1) is 0 Å². The van der Waals surface area contributed by atoms with E-state index in [1.54, 1.807) is 0 Å².